The Hall–Kier alpha value is -4.66. The Bertz CT molecular complexity index is 1310. The van der Waals surface area contributed by atoms with E-state index < -0.39 is 6.04 Å². The molecule has 2 aromatic heterocycles. The fourth-order valence-corrected chi connectivity index (χ4v) is 3.60. The highest BCUT2D eigenvalue weighted by Crippen LogP contribution is 2.30. The second-order valence-electron chi connectivity index (χ2n) is 7.73. The number of nitrogens with zero attached hydrogens (tertiary/aromatic N) is 3. The molecule has 4 rings (SSSR count). The lowest BCUT2D eigenvalue weighted by atomic mass is 10.0. The van der Waals surface area contributed by atoms with E-state index in [9.17, 15) is 9.59 Å². The maximum atomic E-state index is 13.3. The first-order valence-corrected chi connectivity index (χ1v) is 10.8. The molecular formula is C26H25N5O4. The molecule has 4 aromatic rings. The van der Waals surface area contributed by atoms with Gasteiger partial charge in [0.05, 0.1) is 19.8 Å². The zero-order chi connectivity index (χ0) is 24.8. The summed E-state index contributed by atoms with van der Waals surface area (Å²) in [4.78, 5) is 34.2. The Labute approximate surface area is 202 Å². The smallest absolute Gasteiger partial charge is 0.257 e. The fraction of sp³-hybridized carbons (Fsp3) is 0.154. The molecule has 1 atom stereocenters. The van der Waals surface area contributed by atoms with E-state index in [0.717, 1.165) is 5.56 Å². The molecule has 9 heteroatoms. The number of aromatic nitrogens is 3. The summed E-state index contributed by atoms with van der Waals surface area (Å²) in [6.45, 7) is 0. The van der Waals surface area contributed by atoms with Crippen LogP contribution in [0.4, 0.5) is 5.69 Å². The molecular weight excluding hydrogens is 446 g/mol. The normalized spacial score (nSPS) is 11.4. The zero-order valence-corrected chi connectivity index (χ0v) is 19.6. The van der Waals surface area contributed by atoms with Gasteiger partial charge in [-0.1, -0.05) is 6.07 Å². The number of anilines is 1. The summed E-state index contributed by atoms with van der Waals surface area (Å²) in [6, 6.07) is 14.9. The number of benzene rings is 2. The number of carbonyl (C=O) groups excluding carboxylic acids is 2. The third kappa shape index (κ3) is 5.47. The minimum Gasteiger partial charge on any atom is -0.497 e. The Balaban J connectivity index is 1.61. The predicted octanol–water partition coefficient (Wildman–Crippen LogP) is 3.60. The van der Waals surface area contributed by atoms with Crippen LogP contribution in [0.2, 0.25) is 0 Å². The van der Waals surface area contributed by atoms with Gasteiger partial charge in [0, 0.05) is 49.2 Å². The zero-order valence-electron chi connectivity index (χ0n) is 19.6. The van der Waals surface area contributed by atoms with Crippen LogP contribution in [0.25, 0.3) is 0 Å². The fourth-order valence-electron chi connectivity index (χ4n) is 3.60. The van der Waals surface area contributed by atoms with Crippen LogP contribution in [0, 0.1) is 0 Å². The largest absolute Gasteiger partial charge is 0.497 e. The van der Waals surface area contributed by atoms with E-state index in [-0.39, 0.29) is 11.8 Å². The number of imidazole rings is 1. The van der Waals surface area contributed by atoms with Crippen molar-refractivity contribution in [1.82, 2.24) is 19.9 Å². The van der Waals surface area contributed by atoms with Crippen LogP contribution in [-0.4, -0.2) is 40.6 Å². The highest BCUT2D eigenvalue weighted by atomic mass is 16.5. The number of aryl methyl sites for hydroxylation is 1. The Morgan fingerprint density at radius 2 is 1.66 bits per heavy atom. The molecule has 35 heavy (non-hydrogen) atoms. The van der Waals surface area contributed by atoms with Crippen LogP contribution in [0.1, 0.15) is 38.1 Å². The lowest BCUT2D eigenvalue weighted by Gasteiger charge is -2.21. The molecule has 0 saturated carbocycles. The van der Waals surface area contributed by atoms with Crippen LogP contribution in [0.5, 0.6) is 11.5 Å². The number of pyridine rings is 1. The molecule has 2 heterocycles. The van der Waals surface area contributed by atoms with Crippen molar-refractivity contribution in [2.75, 3.05) is 19.5 Å². The Morgan fingerprint density at radius 3 is 2.29 bits per heavy atom. The number of hydrogen-bond donors (Lipinski definition) is 2. The van der Waals surface area contributed by atoms with Gasteiger partial charge in [-0.05, 0) is 48.0 Å². The van der Waals surface area contributed by atoms with Gasteiger partial charge < -0.3 is 24.7 Å². The van der Waals surface area contributed by atoms with Gasteiger partial charge in [-0.3, -0.25) is 14.6 Å². The van der Waals surface area contributed by atoms with Crippen molar-refractivity contribution in [2.24, 2.45) is 7.05 Å². The molecule has 2 aromatic carbocycles. The number of rotatable bonds is 8. The third-order valence-electron chi connectivity index (χ3n) is 5.41. The van der Waals surface area contributed by atoms with Crippen molar-refractivity contribution >= 4 is 17.5 Å². The van der Waals surface area contributed by atoms with Gasteiger partial charge in [0.1, 0.15) is 23.4 Å². The van der Waals surface area contributed by atoms with E-state index in [4.69, 9.17) is 9.47 Å². The molecule has 0 spiro atoms. The van der Waals surface area contributed by atoms with Crippen molar-refractivity contribution < 1.29 is 19.1 Å². The first kappa shape index (κ1) is 23.5. The van der Waals surface area contributed by atoms with E-state index in [1.54, 1.807) is 75.3 Å². The number of hydrogen-bond acceptors (Lipinski definition) is 6. The number of amides is 2. The lowest BCUT2D eigenvalue weighted by Crippen LogP contribution is -2.31. The number of methoxy groups -OCH3 is 2. The molecule has 1 unspecified atom stereocenters. The third-order valence-corrected chi connectivity index (χ3v) is 5.41. The second-order valence-corrected chi connectivity index (χ2v) is 7.73. The molecule has 0 aliphatic heterocycles. The Kier molecular flexibility index (Phi) is 7.06. The van der Waals surface area contributed by atoms with Crippen LogP contribution in [0.3, 0.4) is 0 Å². The monoisotopic (exact) mass is 471 g/mol. The topological polar surface area (TPSA) is 107 Å². The van der Waals surface area contributed by atoms with Crippen molar-refractivity contribution in [3.63, 3.8) is 0 Å². The molecule has 0 saturated heterocycles. The number of carbonyl (C=O) groups is 2. The van der Waals surface area contributed by atoms with E-state index >= 15 is 0 Å². The summed E-state index contributed by atoms with van der Waals surface area (Å²) < 4.78 is 12.7. The summed E-state index contributed by atoms with van der Waals surface area (Å²) in [5.41, 5.74) is 2.03. The minimum absolute atomic E-state index is 0.315. The minimum atomic E-state index is -0.583. The van der Waals surface area contributed by atoms with Crippen LogP contribution < -0.4 is 20.1 Å². The average molecular weight is 472 g/mol. The van der Waals surface area contributed by atoms with Gasteiger partial charge >= 0.3 is 0 Å². The summed E-state index contributed by atoms with van der Waals surface area (Å²) >= 11 is 0. The van der Waals surface area contributed by atoms with Crippen molar-refractivity contribution in [2.45, 2.75) is 6.04 Å². The first-order valence-electron chi connectivity index (χ1n) is 10.8. The predicted molar refractivity (Wildman–Crippen MR) is 131 cm³/mol. The molecule has 0 bridgehead atoms. The van der Waals surface area contributed by atoms with Gasteiger partial charge in [0.25, 0.3) is 11.8 Å². The maximum Gasteiger partial charge on any atom is 0.257 e. The highest BCUT2D eigenvalue weighted by Gasteiger charge is 2.23. The van der Waals surface area contributed by atoms with E-state index in [1.165, 1.54) is 6.20 Å². The maximum absolute atomic E-state index is 13.3. The molecule has 0 radical (unpaired) electrons. The lowest BCUT2D eigenvalue weighted by molar-refractivity contribution is 0.0939. The van der Waals surface area contributed by atoms with Gasteiger partial charge in [0.2, 0.25) is 0 Å². The van der Waals surface area contributed by atoms with E-state index in [2.05, 4.69) is 20.6 Å². The highest BCUT2D eigenvalue weighted by molar-refractivity contribution is 6.05. The summed E-state index contributed by atoms with van der Waals surface area (Å²) in [7, 11) is 4.99. The molecule has 0 aliphatic rings. The van der Waals surface area contributed by atoms with Gasteiger partial charge in [-0.2, -0.15) is 0 Å². The van der Waals surface area contributed by atoms with Crippen molar-refractivity contribution in [3.05, 3.63) is 102 Å². The first-order chi connectivity index (χ1) is 17.0. The van der Waals surface area contributed by atoms with E-state index in [0.29, 0.717) is 34.1 Å². The van der Waals surface area contributed by atoms with Gasteiger partial charge in [0.15, 0.2) is 0 Å². The molecule has 2 N–H and O–H groups in total. The average Bonchev–Trinajstić information content (AvgIpc) is 3.32. The Morgan fingerprint density at radius 1 is 0.914 bits per heavy atom. The van der Waals surface area contributed by atoms with Crippen molar-refractivity contribution in [1.29, 1.82) is 0 Å². The molecule has 178 valence electrons. The number of ether oxygens (including phenoxy) is 2. The SMILES string of the molecule is COc1cc(OC)cc(C(NC(=O)c2cccc(NC(=O)c3cccnc3)c2)c2nccn2C)c1. The summed E-state index contributed by atoms with van der Waals surface area (Å²) in [5, 5.41) is 5.85. The van der Waals surface area contributed by atoms with Gasteiger partial charge in [-0.15, -0.1) is 0 Å². The molecule has 9 nitrogen and oxygen atoms in total. The van der Waals surface area contributed by atoms with Crippen LogP contribution in [0.15, 0.2) is 79.4 Å². The summed E-state index contributed by atoms with van der Waals surface area (Å²) in [5.74, 6) is 1.16. The summed E-state index contributed by atoms with van der Waals surface area (Å²) in [6.07, 6.45) is 6.55. The quantitative estimate of drug-likeness (QED) is 0.407. The van der Waals surface area contributed by atoms with Crippen molar-refractivity contribution in [3.8, 4) is 11.5 Å². The number of nitrogens with one attached hydrogen (secondary N) is 2. The standard InChI is InChI=1S/C26H25N5O4/c1-31-11-10-28-24(31)23(19-13-21(34-2)15-22(14-19)35-3)30-25(32)17-6-4-8-20(12-17)29-26(33)18-7-5-9-27-16-18/h4-16,23H,1-3H3,(H,29,33)(H,30,32). The molecule has 0 fully saturated rings. The van der Waals surface area contributed by atoms with Crippen LogP contribution in [-0.2, 0) is 7.05 Å². The van der Waals surface area contributed by atoms with Gasteiger partial charge in [-0.25, -0.2) is 4.98 Å². The molecule has 0 aliphatic carbocycles. The van der Waals surface area contributed by atoms with E-state index in [1.807, 2.05) is 23.7 Å². The second kappa shape index (κ2) is 10.5. The van der Waals surface area contributed by atoms with Crippen LogP contribution >= 0.6 is 0 Å². The molecule has 2 amide bonds.